The Hall–Kier alpha value is -3.14. The van der Waals surface area contributed by atoms with Gasteiger partial charge in [0.2, 0.25) is 5.95 Å². The van der Waals surface area contributed by atoms with E-state index in [1.165, 1.54) is 12.1 Å². The molecule has 0 saturated heterocycles. The van der Waals surface area contributed by atoms with E-state index in [0.29, 0.717) is 30.2 Å². The summed E-state index contributed by atoms with van der Waals surface area (Å²) in [6.45, 7) is 5.82. The summed E-state index contributed by atoms with van der Waals surface area (Å²) in [4.78, 5) is 19.8. The summed E-state index contributed by atoms with van der Waals surface area (Å²) in [5, 5.41) is 5.60. The van der Waals surface area contributed by atoms with Crippen LogP contribution in [0.1, 0.15) is 32.8 Å². The van der Waals surface area contributed by atoms with Crippen molar-refractivity contribution in [2.75, 3.05) is 11.9 Å². The molecular formula is C19H21FN4O2. The number of nitrogens with zero attached hydrogens (tertiary/aromatic N) is 2. The Bertz CT molecular complexity index is 788. The van der Waals surface area contributed by atoms with Crippen molar-refractivity contribution in [1.82, 2.24) is 15.3 Å². The maximum Gasteiger partial charge on any atom is 0.407 e. The van der Waals surface area contributed by atoms with Crippen LogP contribution >= 0.6 is 0 Å². The van der Waals surface area contributed by atoms with Gasteiger partial charge in [-0.25, -0.2) is 19.2 Å². The van der Waals surface area contributed by atoms with Crippen molar-refractivity contribution in [2.45, 2.75) is 32.8 Å². The first kappa shape index (κ1) is 19.2. The van der Waals surface area contributed by atoms with Crippen molar-refractivity contribution in [2.24, 2.45) is 0 Å². The average molecular weight is 356 g/mol. The molecule has 0 aliphatic heterocycles. The minimum Gasteiger partial charge on any atom is -0.444 e. The topological polar surface area (TPSA) is 76.1 Å². The highest BCUT2D eigenvalue weighted by Crippen LogP contribution is 2.12. The zero-order valence-corrected chi connectivity index (χ0v) is 15.0. The van der Waals surface area contributed by atoms with Crippen LogP contribution in [0.5, 0.6) is 0 Å². The fourth-order valence-electron chi connectivity index (χ4n) is 1.83. The fraction of sp³-hybridized carbons (Fsp3) is 0.316. The number of anilines is 2. The summed E-state index contributed by atoms with van der Waals surface area (Å²) < 4.78 is 18.0. The van der Waals surface area contributed by atoms with Gasteiger partial charge < -0.3 is 15.4 Å². The van der Waals surface area contributed by atoms with Gasteiger partial charge in [0, 0.05) is 31.0 Å². The lowest BCUT2D eigenvalue weighted by molar-refractivity contribution is 0.0529. The summed E-state index contributed by atoms with van der Waals surface area (Å²) >= 11 is 0. The average Bonchev–Trinajstić information content (AvgIpc) is 2.56. The first-order valence-corrected chi connectivity index (χ1v) is 8.12. The molecule has 0 spiro atoms. The molecule has 136 valence electrons. The van der Waals surface area contributed by atoms with E-state index in [-0.39, 0.29) is 5.82 Å². The Balaban J connectivity index is 1.78. The number of benzene rings is 1. The summed E-state index contributed by atoms with van der Waals surface area (Å²) in [6.07, 6.45) is 3.20. The van der Waals surface area contributed by atoms with Crippen LogP contribution in [0.25, 0.3) is 0 Å². The Morgan fingerprint density at radius 2 is 1.85 bits per heavy atom. The Kier molecular flexibility index (Phi) is 6.50. The van der Waals surface area contributed by atoms with Gasteiger partial charge in [-0.2, -0.15) is 0 Å². The number of hydrogen-bond acceptors (Lipinski definition) is 5. The third kappa shape index (κ3) is 7.18. The number of alkyl carbamates (subject to hydrolysis) is 1. The molecule has 0 radical (unpaired) electrons. The second-order valence-electron chi connectivity index (χ2n) is 6.41. The highest BCUT2D eigenvalue weighted by atomic mass is 19.1. The van der Waals surface area contributed by atoms with Gasteiger partial charge in [-0.3, -0.25) is 0 Å². The summed E-state index contributed by atoms with van der Waals surface area (Å²) in [5.41, 5.74) is 0.835. The van der Waals surface area contributed by atoms with Gasteiger partial charge >= 0.3 is 6.09 Å². The van der Waals surface area contributed by atoms with Gasteiger partial charge in [0.15, 0.2) is 0 Å². The predicted octanol–water partition coefficient (Wildman–Crippen LogP) is 3.63. The van der Waals surface area contributed by atoms with Gasteiger partial charge in [-0.1, -0.05) is 11.8 Å². The molecular weight excluding hydrogens is 335 g/mol. The number of carbonyl (C=O) groups excluding carboxylic acids is 1. The van der Waals surface area contributed by atoms with Crippen molar-refractivity contribution in [3.05, 3.63) is 48.0 Å². The molecule has 2 N–H and O–H groups in total. The maximum absolute atomic E-state index is 12.9. The van der Waals surface area contributed by atoms with Gasteiger partial charge in [-0.05, 0) is 45.0 Å². The number of ether oxygens (including phenoxy) is 1. The molecule has 0 aliphatic rings. The molecule has 2 rings (SSSR count). The lowest BCUT2D eigenvalue weighted by Crippen LogP contribution is -2.32. The molecule has 1 aromatic heterocycles. The zero-order chi connectivity index (χ0) is 19.0. The fourth-order valence-corrected chi connectivity index (χ4v) is 1.83. The number of amides is 1. The van der Waals surface area contributed by atoms with E-state index in [2.05, 4.69) is 32.4 Å². The molecule has 1 amide bonds. The molecule has 6 nitrogen and oxygen atoms in total. The van der Waals surface area contributed by atoms with E-state index < -0.39 is 11.7 Å². The molecule has 0 fully saturated rings. The normalized spacial score (nSPS) is 10.5. The molecule has 0 atom stereocenters. The third-order valence-electron chi connectivity index (χ3n) is 2.90. The van der Waals surface area contributed by atoms with Crippen molar-refractivity contribution < 1.29 is 13.9 Å². The first-order chi connectivity index (χ1) is 12.3. The van der Waals surface area contributed by atoms with Crippen molar-refractivity contribution in [3.8, 4) is 11.8 Å². The van der Waals surface area contributed by atoms with E-state index in [0.717, 1.165) is 0 Å². The molecule has 1 aromatic carbocycles. The van der Waals surface area contributed by atoms with Crippen molar-refractivity contribution in [1.29, 1.82) is 0 Å². The minimum absolute atomic E-state index is 0.303. The molecule has 26 heavy (non-hydrogen) atoms. The van der Waals surface area contributed by atoms with Gasteiger partial charge in [-0.15, -0.1) is 0 Å². The second-order valence-corrected chi connectivity index (χ2v) is 6.41. The Morgan fingerprint density at radius 3 is 2.46 bits per heavy atom. The molecule has 2 aromatic rings. The van der Waals surface area contributed by atoms with E-state index >= 15 is 0 Å². The maximum atomic E-state index is 12.9. The van der Waals surface area contributed by atoms with Crippen LogP contribution in [0, 0.1) is 17.7 Å². The highest BCUT2D eigenvalue weighted by molar-refractivity contribution is 5.67. The van der Waals surface area contributed by atoms with Crippen LogP contribution in [0.2, 0.25) is 0 Å². The van der Waals surface area contributed by atoms with Crippen LogP contribution in [0.3, 0.4) is 0 Å². The lowest BCUT2D eigenvalue weighted by atomic mass is 10.2. The van der Waals surface area contributed by atoms with Gasteiger partial charge in [0.25, 0.3) is 0 Å². The Morgan fingerprint density at radius 1 is 1.19 bits per heavy atom. The number of carbonyl (C=O) groups is 1. The largest absolute Gasteiger partial charge is 0.444 e. The zero-order valence-electron chi connectivity index (χ0n) is 15.0. The van der Waals surface area contributed by atoms with E-state index in [1.807, 2.05) is 0 Å². The highest BCUT2D eigenvalue weighted by Gasteiger charge is 2.15. The van der Waals surface area contributed by atoms with Crippen molar-refractivity contribution >= 4 is 17.7 Å². The van der Waals surface area contributed by atoms with Crippen LogP contribution in [0.4, 0.5) is 20.8 Å². The number of nitrogens with one attached hydrogen (secondary N) is 2. The molecule has 7 heteroatoms. The monoisotopic (exact) mass is 356 g/mol. The molecule has 0 aliphatic carbocycles. The molecule has 0 unspecified atom stereocenters. The summed E-state index contributed by atoms with van der Waals surface area (Å²) in [6, 6.07) is 5.91. The number of halogens is 1. The molecule has 0 saturated carbocycles. The van der Waals surface area contributed by atoms with Crippen LogP contribution < -0.4 is 10.6 Å². The SMILES string of the molecule is CC(C)(C)OC(=O)NCCC#Cc1cnc(Nc2ccc(F)cc2)nc1. The predicted molar refractivity (Wildman–Crippen MR) is 97.4 cm³/mol. The minimum atomic E-state index is -0.517. The Labute approximate surface area is 152 Å². The summed E-state index contributed by atoms with van der Waals surface area (Å²) in [5.74, 6) is 5.95. The number of hydrogen-bond donors (Lipinski definition) is 2. The van der Waals surface area contributed by atoms with Gasteiger partial charge in [0.1, 0.15) is 11.4 Å². The van der Waals surface area contributed by atoms with E-state index in [9.17, 15) is 9.18 Å². The standard InChI is InChI=1S/C19H21FN4O2/c1-19(2,3)26-18(25)21-11-5-4-6-14-12-22-17(23-13-14)24-16-9-7-15(20)8-10-16/h7-10,12-13H,5,11H2,1-3H3,(H,21,25)(H,22,23,24). The van der Waals surface area contributed by atoms with Crippen LogP contribution in [0.15, 0.2) is 36.7 Å². The number of rotatable bonds is 4. The quantitative estimate of drug-likeness (QED) is 0.646. The van der Waals surface area contributed by atoms with Gasteiger partial charge in [0.05, 0.1) is 5.56 Å². The van der Waals surface area contributed by atoms with E-state index in [1.54, 1.807) is 45.3 Å². The smallest absolute Gasteiger partial charge is 0.407 e. The third-order valence-corrected chi connectivity index (χ3v) is 2.90. The number of aromatic nitrogens is 2. The lowest BCUT2D eigenvalue weighted by Gasteiger charge is -2.19. The van der Waals surface area contributed by atoms with Crippen LogP contribution in [-0.2, 0) is 4.74 Å². The van der Waals surface area contributed by atoms with E-state index in [4.69, 9.17) is 4.74 Å². The molecule has 1 heterocycles. The van der Waals surface area contributed by atoms with Crippen LogP contribution in [-0.4, -0.2) is 28.2 Å². The molecule has 0 bridgehead atoms. The first-order valence-electron chi connectivity index (χ1n) is 8.12. The summed E-state index contributed by atoms with van der Waals surface area (Å²) in [7, 11) is 0. The second kappa shape index (κ2) is 8.81. The van der Waals surface area contributed by atoms with Crippen molar-refractivity contribution in [3.63, 3.8) is 0 Å².